The molecule has 0 fully saturated rings. The summed E-state index contributed by atoms with van der Waals surface area (Å²) in [4.78, 5) is 7.18. The molecule has 0 aliphatic heterocycles. The van der Waals surface area contributed by atoms with Crippen LogP contribution in [0.1, 0.15) is 0 Å². The highest BCUT2D eigenvalue weighted by Gasteiger charge is 2.24. The second-order valence-electron chi connectivity index (χ2n) is 17.8. The van der Waals surface area contributed by atoms with Gasteiger partial charge in [0.15, 0.2) is 0 Å². The zero-order chi connectivity index (χ0) is 47.1. The summed E-state index contributed by atoms with van der Waals surface area (Å²) in [5.41, 5.74) is 15.6. The van der Waals surface area contributed by atoms with E-state index in [2.05, 4.69) is 276 Å². The molecule has 11 aromatic carbocycles. The highest BCUT2D eigenvalue weighted by molar-refractivity contribution is 7.25. The number of para-hydroxylation sites is 3. The van der Waals surface area contributed by atoms with Crippen molar-refractivity contribution in [2.24, 2.45) is 0 Å². The van der Waals surface area contributed by atoms with Crippen LogP contribution in [-0.2, 0) is 0 Å². The first-order valence-electron chi connectivity index (χ1n) is 24.0. The topological polar surface area (TPSA) is 22.9 Å². The Morgan fingerprint density at radius 2 is 0.592 bits per heavy atom. The van der Waals surface area contributed by atoms with E-state index in [1.54, 1.807) is 0 Å². The molecule has 2 aromatic heterocycles. The van der Waals surface area contributed by atoms with Gasteiger partial charge >= 0.3 is 0 Å². The summed E-state index contributed by atoms with van der Waals surface area (Å²) in [5, 5.41) is 4.63. The minimum absolute atomic E-state index is 0.854. The van der Waals surface area contributed by atoms with Gasteiger partial charge in [-0.05, 0) is 138 Å². The Hall–Kier alpha value is -9.16. The first-order valence-corrected chi connectivity index (χ1v) is 24.8. The van der Waals surface area contributed by atoms with Crippen LogP contribution in [0.3, 0.4) is 0 Å². The van der Waals surface area contributed by atoms with Gasteiger partial charge in [-0.25, -0.2) is 0 Å². The van der Waals surface area contributed by atoms with Gasteiger partial charge in [0.05, 0.1) is 17.1 Å². The third-order valence-electron chi connectivity index (χ3n) is 13.4. The molecule has 0 radical (unpaired) electrons. The van der Waals surface area contributed by atoms with Crippen LogP contribution in [0.25, 0.3) is 64.4 Å². The Morgan fingerprint density at radius 1 is 0.225 bits per heavy atom. The molecule has 5 heteroatoms. The lowest BCUT2D eigenvalue weighted by Gasteiger charge is -2.33. The van der Waals surface area contributed by atoms with Gasteiger partial charge in [-0.1, -0.05) is 158 Å². The number of furan rings is 1. The van der Waals surface area contributed by atoms with E-state index in [1.165, 1.54) is 31.3 Å². The zero-order valence-corrected chi connectivity index (χ0v) is 39.5. The van der Waals surface area contributed by atoms with Crippen molar-refractivity contribution in [3.63, 3.8) is 0 Å². The summed E-state index contributed by atoms with van der Waals surface area (Å²) in [5.74, 6) is 0. The van der Waals surface area contributed by atoms with Gasteiger partial charge in [-0.2, -0.15) is 0 Å². The van der Waals surface area contributed by atoms with Gasteiger partial charge in [-0.3, -0.25) is 0 Å². The molecule has 2 heterocycles. The zero-order valence-electron chi connectivity index (χ0n) is 38.6. The number of benzene rings is 11. The van der Waals surface area contributed by atoms with Crippen molar-refractivity contribution in [1.29, 1.82) is 0 Å². The van der Waals surface area contributed by atoms with E-state index in [4.69, 9.17) is 4.42 Å². The number of thiophene rings is 1. The number of rotatable bonds is 11. The molecule has 0 N–H and O–H groups in total. The van der Waals surface area contributed by atoms with E-state index >= 15 is 0 Å². The lowest BCUT2D eigenvalue weighted by molar-refractivity contribution is 0.669. The number of anilines is 9. The molecular weight excluding hydrogens is 883 g/mol. The van der Waals surface area contributed by atoms with E-state index in [-0.39, 0.29) is 0 Å². The van der Waals surface area contributed by atoms with Crippen molar-refractivity contribution in [1.82, 2.24) is 0 Å². The quantitative estimate of drug-likeness (QED) is 0.129. The molecular formula is C66H45N3OS. The van der Waals surface area contributed by atoms with Gasteiger partial charge in [0.25, 0.3) is 0 Å². The molecule has 0 unspecified atom stereocenters. The lowest BCUT2D eigenvalue weighted by atomic mass is 10.0. The van der Waals surface area contributed by atoms with Crippen molar-refractivity contribution in [2.75, 3.05) is 14.7 Å². The molecule has 0 spiro atoms. The molecule has 0 aliphatic rings. The molecule has 4 nitrogen and oxygen atoms in total. The fourth-order valence-corrected chi connectivity index (χ4v) is 11.1. The fraction of sp³-hybridized carbons (Fsp3) is 0. The maximum atomic E-state index is 6.43. The normalized spacial score (nSPS) is 11.4. The second kappa shape index (κ2) is 18.1. The van der Waals surface area contributed by atoms with Crippen LogP contribution < -0.4 is 14.7 Å². The molecule has 0 saturated carbocycles. The smallest absolute Gasteiger partial charge is 0.135 e. The monoisotopic (exact) mass is 927 g/mol. The molecule has 0 bridgehead atoms. The minimum atomic E-state index is 0.854. The third-order valence-corrected chi connectivity index (χ3v) is 14.5. The average molecular weight is 928 g/mol. The minimum Gasteiger partial charge on any atom is -0.456 e. The SMILES string of the molecule is c1ccc(-c2ccc(N(c3ccccc3)c3cc(N(c4ccccc4)c4ccc(-c5ccccc5)cc4)cc(N(c4ccc5oc6ccccc6c5c4)c4ccc5sc6ccccc6c5c4)c3)cc2)cc1. The Kier molecular flexibility index (Phi) is 10.7. The Bertz CT molecular complexity index is 3720. The van der Waals surface area contributed by atoms with Crippen molar-refractivity contribution in [3.8, 4) is 22.3 Å². The molecule has 13 aromatic rings. The molecule has 0 amide bonds. The maximum absolute atomic E-state index is 6.43. The predicted molar refractivity (Wildman–Crippen MR) is 302 cm³/mol. The van der Waals surface area contributed by atoms with Crippen molar-refractivity contribution in [2.45, 2.75) is 0 Å². The molecule has 13 rings (SSSR count). The largest absolute Gasteiger partial charge is 0.456 e. The van der Waals surface area contributed by atoms with Crippen LogP contribution in [0, 0.1) is 0 Å². The Labute approximate surface area is 416 Å². The van der Waals surface area contributed by atoms with Crippen LogP contribution in [0.15, 0.2) is 277 Å². The summed E-state index contributed by atoms with van der Waals surface area (Å²) in [6.07, 6.45) is 0. The fourth-order valence-electron chi connectivity index (χ4n) is 10.0. The lowest BCUT2D eigenvalue weighted by Crippen LogP contribution is -2.16. The summed E-state index contributed by atoms with van der Waals surface area (Å²) >= 11 is 1.84. The predicted octanol–water partition coefficient (Wildman–Crippen LogP) is 19.7. The van der Waals surface area contributed by atoms with Gasteiger partial charge in [0.1, 0.15) is 11.2 Å². The van der Waals surface area contributed by atoms with Crippen LogP contribution in [0.4, 0.5) is 51.2 Å². The standard InChI is InChI=1S/C66H45N3OS/c1-5-17-46(18-6-1)48-29-33-52(34-30-48)67(50-21-9-3-10-22-50)56-41-57(68(51-23-11-4-12-24-51)53-35-31-49(32-36-53)47-19-7-2-8-20-47)43-58(42-56)69(54-37-39-64-61(44-54)59-25-13-15-27-63(59)70-64)55-38-40-66-62(45-55)60-26-14-16-28-65(60)71-66/h1-45H. The van der Waals surface area contributed by atoms with Gasteiger partial charge in [-0.15, -0.1) is 11.3 Å². The van der Waals surface area contributed by atoms with E-state index in [0.717, 1.165) is 84.3 Å². The van der Waals surface area contributed by atoms with Gasteiger partial charge in [0, 0.05) is 65.1 Å². The first kappa shape index (κ1) is 42.0. The van der Waals surface area contributed by atoms with Gasteiger partial charge in [0.2, 0.25) is 0 Å². The summed E-state index contributed by atoms with van der Waals surface area (Å²) in [7, 11) is 0. The van der Waals surface area contributed by atoms with Crippen LogP contribution in [0.2, 0.25) is 0 Å². The van der Waals surface area contributed by atoms with Crippen molar-refractivity contribution in [3.05, 3.63) is 273 Å². The summed E-state index contributed by atoms with van der Waals surface area (Å²) in [6, 6.07) is 98.1. The van der Waals surface area contributed by atoms with E-state index in [9.17, 15) is 0 Å². The van der Waals surface area contributed by atoms with E-state index in [0.29, 0.717) is 0 Å². The van der Waals surface area contributed by atoms with E-state index in [1.807, 2.05) is 23.5 Å². The maximum Gasteiger partial charge on any atom is 0.135 e. The van der Waals surface area contributed by atoms with Crippen LogP contribution in [0.5, 0.6) is 0 Å². The van der Waals surface area contributed by atoms with Crippen molar-refractivity contribution >= 4 is 105 Å². The Morgan fingerprint density at radius 3 is 1.14 bits per heavy atom. The molecule has 0 aliphatic carbocycles. The number of nitrogens with zero attached hydrogens (tertiary/aromatic N) is 3. The van der Waals surface area contributed by atoms with Crippen LogP contribution in [-0.4, -0.2) is 0 Å². The summed E-state index contributed by atoms with van der Waals surface area (Å²) < 4.78 is 8.96. The highest BCUT2D eigenvalue weighted by atomic mass is 32.1. The average Bonchev–Trinajstić information content (AvgIpc) is 4.01. The highest BCUT2D eigenvalue weighted by Crippen LogP contribution is 2.48. The second-order valence-corrected chi connectivity index (χ2v) is 18.9. The van der Waals surface area contributed by atoms with Gasteiger partial charge < -0.3 is 19.1 Å². The molecule has 0 saturated heterocycles. The summed E-state index contributed by atoms with van der Waals surface area (Å²) in [6.45, 7) is 0. The molecule has 336 valence electrons. The number of fused-ring (bicyclic) bond motifs is 6. The number of hydrogen-bond acceptors (Lipinski definition) is 5. The van der Waals surface area contributed by atoms with Crippen molar-refractivity contribution < 1.29 is 4.42 Å². The van der Waals surface area contributed by atoms with E-state index < -0.39 is 0 Å². The third kappa shape index (κ3) is 7.94. The molecule has 0 atom stereocenters. The Balaban J connectivity index is 1.08. The van der Waals surface area contributed by atoms with Crippen LogP contribution >= 0.6 is 11.3 Å². The number of hydrogen-bond donors (Lipinski definition) is 0. The molecule has 71 heavy (non-hydrogen) atoms. The first-order chi connectivity index (χ1) is 35.2.